The topological polar surface area (TPSA) is 95.9 Å². The monoisotopic (exact) mass is 1180 g/mol. The van der Waals surface area contributed by atoms with Gasteiger partial charge in [-0.2, -0.15) is 0 Å². The lowest BCUT2D eigenvalue weighted by molar-refractivity contribution is -0.143. The number of allylic oxidation sites excluding steroid dienone is 5. The second-order valence-electron chi connectivity index (χ2n) is 26.3. The summed E-state index contributed by atoms with van der Waals surface area (Å²) >= 11 is 0. The summed E-state index contributed by atoms with van der Waals surface area (Å²) in [6, 6.07) is -0.623. The van der Waals surface area contributed by atoms with Crippen molar-refractivity contribution in [3.8, 4) is 0 Å². The molecule has 0 aliphatic rings. The zero-order valence-electron chi connectivity index (χ0n) is 56.9. The molecule has 0 radical (unpaired) electrons. The number of unbranched alkanes of at least 4 members (excludes halogenated alkanes) is 57. The molecule has 1 amide bonds. The van der Waals surface area contributed by atoms with Crippen LogP contribution in [0.2, 0.25) is 0 Å². The van der Waals surface area contributed by atoms with Crippen molar-refractivity contribution in [3.63, 3.8) is 0 Å². The molecule has 0 aromatic carbocycles. The molecule has 496 valence electrons. The van der Waals surface area contributed by atoms with Gasteiger partial charge in [-0.15, -0.1) is 0 Å². The molecule has 0 rings (SSSR count). The molecule has 0 fully saturated rings. The third kappa shape index (κ3) is 69.2. The average molecular weight is 1180 g/mol. The SMILES string of the molecule is CCCCCCCC/C=C\CCCCCCCCCCCC(=O)OCCCCCCCCCCCCCCCCCC/C=C\CCCCCCCCCCCCCCCCCCCC(=O)NC(CO)C(O)/C=C/CCCCCCCCCCC. The molecule has 0 spiro atoms. The van der Waals surface area contributed by atoms with Crippen LogP contribution in [-0.4, -0.2) is 47.4 Å². The van der Waals surface area contributed by atoms with Crippen LogP contribution in [0.1, 0.15) is 425 Å². The van der Waals surface area contributed by atoms with Gasteiger partial charge in [0.2, 0.25) is 5.91 Å². The molecule has 0 aliphatic heterocycles. The van der Waals surface area contributed by atoms with Gasteiger partial charge in [0.05, 0.1) is 25.4 Å². The van der Waals surface area contributed by atoms with E-state index in [1.54, 1.807) is 6.08 Å². The number of nitrogens with one attached hydrogen (secondary N) is 1. The molecule has 6 heteroatoms. The highest BCUT2D eigenvalue weighted by molar-refractivity contribution is 5.76. The molecule has 3 N–H and O–H groups in total. The van der Waals surface area contributed by atoms with Crippen molar-refractivity contribution in [1.29, 1.82) is 0 Å². The highest BCUT2D eigenvalue weighted by Gasteiger charge is 2.18. The van der Waals surface area contributed by atoms with Crippen LogP contribution in [0.5, 0.6) is 0 Å². The fourth-order valence-electron chi connectivity index (χ4n) is 12.0. The predicted molar refractivity (Wildman–Crippen MR) is 370 cm³/mol. The first-order chi connectivity index (χ1) is 41.5. The van der Waals surface area contributed by atoms with Crippen molar-refractivity contribution in [2.45, 2.75) is 437 Å². The molecule has 0 aromatic rings. The number of esters is 1. The van der Waals surface area contributed by atoms with Gasteiger partial charge in [-0.05, 0) is 83.5 Å². The van der Waals surface area contributed by atoms with E-state index in [9.17, 15) is 19.8 Å². The highest BCUT2D eigenvalue weighted by atomic mass is 16.5. The normalized spacial score (nSPS) is 12.7. The van der Waals surface area contributed by atoms with Gasteiger partial charge in [-0.3, -0.25) is 9.59 Å². The Morgan fingerprint density at radius 2 is 0.560 bits per heavy atom. The van der Waals surface area contributed by atoms with Crippen LogP contribution in [0, 0.1) is 0 Å². The number of carbonyl (C=O) groups excluding carboxylic acids is 2. The zero-order chi connectivity index (χ0) is 60.6. The van der Waals surface area contributed by atoms with Gasteiger partial charge in [0, 0.05) is 12.8 Å². The van der Waals surface area contributed by atoms with Crippen LogP contribution in [0.4, 0.5) is 0 Å². The van der Waals surface area contributed by atoms with Gasteiger partial charge in [0.15, 0.2) is 0 Å². The number of aliphatic hydroxyl groups excluding tert-OH is 2. The maximum Gasteiger partial charge on any atom is 0.305 e. The first kappa shape index (κ1) is 82.1. The summed E-state index contributed by atoms with van der Waals surface area (Å²) in [6.07, 6.45) is 95.6. The standard InChI is InChI=1S/C78H149NO5/c1-3-5-7-9-11-13-15-16-17-18-38-42-45-48-52-56-60-64-68-72-78(83)84-73-69-65-61-57-53-49-46-43-40-37-35-33-31-29-27-25-23-21-19-20-22-24-26-28-30-32-34-36-39-41-44-47-51-55-59-63-67-71-77(82)79-75(74-80)76(81)70-66-62-58-54-50-14-12-10-8-6-4-2/h16-17,19,21,66,70,75-76,80-81H,3-15,18,20,22-65,67-69,71-74H2,1-2H3,(H,79,82)/b17-16-,21-19-,70-66+. The first-order valence-corrected chi connectivity index (χ1v) is 38.3. The fraction of sp³-hybridized carbons (Fsp3) is 0.897. The smallest absolute Gasteiger partial charge is 0.305 e. The minimum atomic E-state index is -0.840. The summed E-state index contributed by atoms with van der Waals surface area (Å²) in [5, 5.41) is 23.1. The van der Waals surface area contributed by atoms with Crippen LogP contribution in [0.25, 0.3) is 0 Å². The van der Waals surface area contributed by atoms with Crippen molar-refractivity contribution in [1.82, 2.24) is 5.32 Å². The Bertz CT molecular complexity index is 1360. The van der Waals surface area contributed by atoms with Crippen molar-refractivity contribution in [2.24, 2.45) is 0 Å². The highest BCUT2D eigenvalue weighted by Crippen LogP contribution is 2.19. The fourth-order valence-corrected chi connectivity index (χ4v) is 12.0. The van der Waals surface area contributed by atoms with E-state index in [1.165, 1.54) is 360 Å². The molecule has 0 heterocycles. The van der Waals surface area contributed by atoms with E-state index in [4.69, 9.17) is 4.74 Å². The number of rotatable bonds is 72. The Balaban J connectivity index is 3.31. The van der Waals surface area contributed by atoms with E-state index in [0.717, 1.165) is 38.5 Å². The maximum absolute atomic E-state index is 12.4. The number of amides is 1. The van der Waals surface area contributed by atoms with Gasteiger partial charge in [0.25, 0.3) is 0 Å². The van der Waals surface area contributed by atoms with Crippen LogP contribution >= 0.6 is 0 Å². The summed E-state index contributed by atoms with van der Waals surface area (Å²) in [6.45, 7) is 4.92. The van der Waals surface area contributed by atoms with E-state index in [2.05, 4.69) is 43.5 Å². The molecule has 0 bridgehead atoms. The van der Waals surface area contributed by atoms with E-state index >= 15 is 0 Å². The summed E-state index contributed by atoms with van der Waals surface area (Å²) in [7, 11) is 0. The lowest BCUT2D eigenvalue weighted by Gasteiger charge is -2.20. The summed E-state index contributed by atoms with van der Waals surface area (Å²) in [5.74, 6) is -0.0422. The number of ether oxygens (including phenoxy) is 1. The van der Waals surface area contributed by atoms with Gasteiger partial charge in [0.1, 0.15) is 0 Å². The molecular formula is C78H149NO5. The average Bonchev–Trinajstić information content (AvgIpc) is 3.53. The first-order valence-electron chi connectivity index (χ1n) is 38.3. The Morgan fingerprint density at radius 3 is 0.845 bits per heavy atom. The van der Waals surface area contributed by atoms with Crippen LogP contribution in [-0.2, 0) is 14.3 Å². The molecule has 0 aromatic heterocycles. The third-order valence-electron chi connectivity index (χ3n) is 17.9. The lowest BCUT2D eigenvalue weighted by atomic mass is 10.0. The number of aliphatic hydroxyl groups is 2. The Hall–Kier alpha value is -1.92. The van der Waals surface area contributed by atoms with Crippen molar-refractivity contribution in [3.05, 3.63) is 36.5 Å². The molecule has 0 saturated carbocycles. The maximum atomic E-state index is 12.4. The van der Waals surface area contributed by atoms with Gasteiger partial charge < -0.3 is 20.3 Å². The molecule has 0 saturated heterocycles. The quantitative estimate of drug-likeness (QED) is 0.0320. The molecule has 0 aliphatic carbocycles. The largest absolute Gasteiger partial charge is 0.466 e. The second-order valence-corrected chi connectivity index (χ2v) is 26.3. The second kappa shape index (κ2) is 73.5. The zero-order valence-corrected chi connectivity index (χ0v) is 56.9. The molecule has 2 unspecified atom stereocenters. The van der Waals surface area contributed by atoms with E-state index in [1.807, 2.05) is 6.08 Å². The summed E-state index contributed by atoms with van der Waals surface area (Å²) in [4.78, 5) is 24.6. The predicted octanol–water partition coefficient (Wildman–Crippen LogP) is 25.0. The number of hydrogen-bond donors (Lipinski definition) is 3. The summed E-state index contributed by atoms with van der Waals surface area (Å²) in [5.41, 5.74) is 0. The van der Waals surface area contributed by atoms with Crippen molar-refractivity contribution in [2.75, 3.05) is 13.2 Å². The number of carbonyl (C=O) groups is 2. The van der Waals surface area contributed by atoms with Crippen LogP contribution in [0.15, 0.2) is 36.5 Å². The van der Waals surface area contributed by atoms with Crippen molar-refractivity contribution >= 4 is 11.9 Å². The molecule has 6 nitrogen and oxygen atoms in total. The van der Waals surface area contributed by atoms with Gasteiger partial charge in [-0.1, -0.05) is 365 Å². The minimum Gasteiger partial charge on any atom is -0.466 e. The van der Waals surface area contributed by atoms with Crippen molar-refractivity contribution < 1.29 is 24.5 Å². The molecule has 84 heavy (non-hydrogen) atoms. The van der Waals surface area contributed by atoms with E-state index < -0.39 is 12.1 Å². The van der Waals surface area contributed by atoms with Crippen LogP contribution in [0.3, 0.4) is 0 Å². The minimum absolute atomic E-state index is 0.0214. The van der Waals surface area contributed by atoms with E-state index in [0.29, 0.717) is 19.4 Å². The van der Waals surface area contributed by atoms with Gasteiger partial charge >= 0.3 is 5.97 Å². The molecular weight excluding hydrogens is 1030 g/mol. The Labute approximate surface area is 525 Å². The third-order valence-corrected chi connectivity index (χ3v) is 17.9. The molecule has 2 atom stereocenters. The summed E-state index contributed by atoms with van der Waals surface area (Å²) < 4.78 is 5.52. The lowest BCUT2D eigenvalue weighted by Crippen LogP contribution is -2.45. The van der Waals surface area contributed by atoms with Crippen LogP contribution < -0.4 is 5.32 Å². The number of hydrogen-bond acceptors (Lipinski definition) is 5. The Morgan fingerprint density at radius 1 is 0.321 bits per heavy atom. The Kier molecular flexibility index (Phi) is 71.9. The van der Waals surface area contributed by atoms with Gasteiger partial charge in [-0.25, -0.2) is 0 Å². The van der Waals surface area contributed by atoms with E-state index in [-0.39, 0.29) is 18.5 Å².